The van der Waals surface area contributed by atoms with Gasteiger partial charge in [-0.25, -0.2) is 4.39 Å². The van der Waals surface area contributed by atoms with Gasteiger partial charge in [0.2, 0.25) is 0 Å². The Morgan fingerprint density at radius 1 is 1.25 bits per heavy atom. The van der Waals surface area contributed by atoms with Gasteiger partial charge in [-0.15, -0.1) is 0 Å². The fourth-order valence-corrected chi connectivity index (χ4v) is 1.50. The van der Waals surface area contributed by atoms with Gasteiger partial charge in [0.15, 0.2) is 11.5 Å². The average Bonchev–Trinajstić information content (AvgIpc) is 2.25. The van der Waals surface area contributed by atoms with Crippen LogP contribution in [0.4, 0.5) is 4.39 Å². The van der Waals surface area contributed by atoms with E-state index in [4.69, 9.17) is 9.47 Å². The Labute approximate surface area is 94.8 Å². The van der Waals surface area contributed by atoms with Gasteiger partial charge in [-0.3, -0.25) is 0 Å². The number of benzene rings is 1. The number of aliphatic hydroxyl groups is 1. The molecule has 0 fully saturated rings. The van der Waals surface area contributed by atoms with Crippen LogP contribution in [0.15, 0.2) is 12.1 Å². The molecular weight excluding hydrogens is 211 g/mol. The average molecular weight is 228 g/mol. The smallest absolute Gasteiger partial charge is 0.166 e. The zero-order chi connectivity index (χ0) is 12.3. The number of methoxy groups -OCH3 is 2. The van der Waals surface area contributed by atoms with Crippen LogP contribution in [0.5, 0.6) is 11.5 Å². The monoisotopic (exact) mass is 228 g/mol. The summed E-state index contributed by atoms with van der Waals surface area (Å²) in [5, 5.41) is 9.20. The molecule has 0 bridgehead atoms. The van der Waals surface area contributed by atoms with Gasteiger partial charge < -0.3 is 14.6 Å². The van der Waals surface area contributed by atoms with Crippen LogP contribution in [-0.2, 0) is 12.3 Å². The van der Waals surface area contributed by atoms with Crippen LogP contribution in [0.25, 0.3) is 0 Å². The summed E-state index contributed by atoms with van der Waals surface area (Å²) in [6.07, 6.45) is 0. The van der Waals surface area contributed by atoms with Crippen LogP contribution < -0.4 is 9.47 Å². The Balaban J connectivity index is 3.37. The van der Waals surface area contributed by atoms with Gasteiger partial charge in [0.05, 0.1) is 20.8 Å². The molecule has 0 heterocycles. The van der Waals surface area contributed by atoms with E-state index in [-0.39, 0.29) is 6.61 Å². The minimum atomic E-state index is -1.48. The first-order chi connectivity index (χ1) is 7.43. The van der Waals surface area contributed by atoms with Gasteiger partial charge in [0.25, 0.3) is 0 Å². The molecule has 0 aliphatic carbocycles. The SMILES string of the molecule is COc1cc(C(C)(C)F)cc(CO)c1OC. The standard InChI is InChI=1S/C12H17FO3/c1-12(2,13)9-5-8(7-14)11(16-4)10(6-9)15-3/h5-6,14H,7H2,1-4H3. The predicted octanol–water partition coefficient (Wildman–Crippen LogP) is 2.40. The number of rotatable bonds is 4. The Morgan fingerprint density at radius 2 is 1.88 bits per heavy atom. The minimum Gasteiger partial charge on any atom is -0.493 e. The third kappa shape index (κ3) is 2.44. The molecule has 1 rings (SSSR count). The number of alkyl halides is 1. The zero-order valence-electron chi connectivity index (χ0n) is 10.0. The second-order valence-electron chi connectivity index (χ2n) is 4.00. The van der Waals surface area contributed by atoms with Crippen molar-refractivity contribution in [1.29, 1.82) is 0 Å². The summed E-state index contributed by atoms with van der Waals surface area (Å²) in [6, 6.07) is 3.17. The molecule has 0 atom stereocenters. The lowest BCUT2D eigenvalue weighted by atomic mass is 9.97. The second kappa shape index (κ2) is 4.70. The number of halogens is 1. The van der Waals surface area contributed by atoms with E-state index in [1.807, 2.05) is 0 Å². The van der Waals surface area contributed by atoms with E-state index >= 15 is 0 Å². The van der Waals surface area contributed by atoms with Crippen LogP contribution in [0.1, 0.15) is 25.0 Å². The first-order valence-electron chi connectivity index (χ1n) is 4.99. The van der Waals surface area contributed by atoms with Crippen molar-refractivity contribution < 1.29 is 19.0 Å². The summed E-state index contributed by atoms with van der Waals surface area (Å²) in [7, 11) is 2.96. The fourth-order valence-electron chi connectivity index (χ4n) is 1.50. The van der Waals surface area contributed by atoms with Crippen molar-refractivity contribution in [2.75, 3.05) is 14.2 Å². The molecule has 4 heteroatoms. The maximum atomic E-state index is 13.8. The lowest BCUT2D eigenvalue weighted by Crippen LogP contribution is -2.10. The van der Waals surface area contributed by atoms with Crippen LogP contribution in [0, 0.1) is 0 Å². The molecular formula is C12H17FO3. The van der Waals surface area contributed by atoms with Crippen molar-refractivity contribution >= 4 is 0 Å². The van der Waals surface area contributed by atoms with Gasteiger partial charge in [-0.05, 0) is 31.5 Å². The molecule has 1 aromatic carbocycles. The van der Waals surface area contributed by atoms with Crippen molar-refractivity contribution in [1.82, 2.24) is 0 Å². The molecule has 0 saturated carbocycles. The maximum absolute atomic E-state index is 13.8. The molecule has 0 saturated heterocycles. The highest BCUT2D eigenvalue weighted by molar-refractivity contribution is 5.50. The number of ether oxygens (including phenoxy) is 2. The summed E-state index contributed by atoms with van der Waals surface area (Å²) in [6.45, 7) is 2.69. The van der Waals surface area contributed by atoms with Crippen molar-refractivity contribution in [2.45, 2.75) is 26.1 Å². The van der Waals surface area contributed by atoms with Crippen LogP contribution in [-0.4, -0.2) is 19.3 Å². The molecule has 1 N–H and O–H groups in total. The summed E-state index contributed by atoms with van der Waals surface area (Å²) in [4.78, 5) is 0. The molecule has 16 heavy (non-hydrogen) atoms. The summed E-state index contributed by atoms with van der Waals surface area (Å²) in [5.74, 6) is 0.868. The van der Waals surface area contributed by atoms with Gasteiger partial charge in [0, 0.05) is 5.56 Å². The van der Waals surface area contributed by atoms with Crippen molar-refractivity contribution in [2.24, 2.45) is 0 Å². The zero-order valence-corrected chi connectivity index (χ0v) is 10.0. The predicted molar refractivity (Wildman–Crippen MR) is 59.6 cm³/mol. The Morgan fingerprint density at radius 3 is 2.25 bits per heavy atom. The van der Waals surface area contributed by atoms with Crippen molar-refractivity contribution in [3.05, 3.63) is 23.3 Å². The Bertz CT molecular complexity index is 344. The van der Waals surface area contributed by atoms with Gasteiger partial charge >= 0.3 is 0 Å². The molecule has 1 aromatic rings. The quantitative estimate of drug-likeness (QED) is 0.860. The maximum Gasteiger partial charge on any atom is 0.166 e. The third-order valence-corrected chi connectivity index (χ3v) is 2.41. The van der Waals surface area contributed by atoms with Crippen LogP contribution in [0.3, 0.4) is 0 Å². The van der Waals surface area contributed by atoms with Crippen molar-refractivity contribution in [3.63, 3.8) is 0 Å². The van der Waals surface area contributed by atoms with Gasteiger partial charge in [-0.2, -0.15) is 0 Å². The molecule has 0 spiro atoms. The Kier molecular flexibility index (Phi) is 3.75. The topological polar surface area (TPSA) is 38.7 Å². The molecule has 0 unspecified atom stereocenters. The first kappa shape index (κ1) is 12.8. The van der Waals surface area contributed by atoms with Gasteiger partial charge in [0.1, 0.15) is 5.67 Å². The highest BCUT2D eigenvalue weighted by atomic mass is 19.1. The highest BCUT2D eigenvalue weighted by Crippen LogP contribution is 2.37. The molecule has 0 aliphatic heterocycles. The molecule has 90 valence electrons. The molecule has 0 aromatic heterocycles. The molecule has 0 amide bonds. The summed E-state index contributed by atoms with van der Waals surface area (Å²) in [5.41, 5.74) is -0.513. The lowest BCUT2D eigenvalue weighted by molar-refractivity contribution is 0.218. The van der Waals surface area contributed by atoms with Gasteiger partial charge in [-0.1, -0.05) is 0 Å². The van der Waals surface area contributed by atoms with Crippen LogP contribution in [0.2, 0.25) is 0 Å². The summed E-state index contributed by atoms with van der Waals surface area (Å²) >= 11 is 0. The number of hydrogen-bond acceptors (Lipinski definition) is 3. The largest absolute Gasteiger partial charge is 0.493 e. The van der Waals surface area contributed by atoms with E-state index in [9.17, 15) is 9.50 Å². The summed E-state index contributed by atoms with van der Waals surface area (Å²) < 4.78 is 24.0. The van der Waals surface area contributed by atoms with Crippen LogP contribution >= 0.6 is 0 Å². The fraction of sp³-hybridized carbons (Fsp3) is 0.500. The molecule has 3 nitrogen and oxygen atoms in total. The number of hydrogen-bond donors (Lipinski definition) is 1. The normalized spacial score (nSPS) is 11.4. The van der Waals surface area contributed by atoms with E-state index < -0.39 is 5.67 Å². The molecule has 0 radical (unpaired) electrons. The van der Waals surface area contributed by atoms with Crippen molar-refractivity contribution in [3.8, 4) is 11.5 Å². The van der Waals surface area contributed by atoms with E-state index in [0.29, 0.717) is 22.6 Å². The lowest BCUT2D eigenvalue weighted by Gasteiger charge is -2.19. The minimum absolute atomic E-state index is 0.219. The van der Waals surface area contributed by atoms with E-state index in [0.717, 1.165) is 0 Å². The van der Waals surface area contributed by atoms with E-state index in [1.165, 1.54) is 28.1 Å². The second-order valence-corrected chi connectivity index (χ2v) is 4.00. The van der Waals surface area contributed by atoms with E-state index in [2.05, 4.69) is 0 Å². The first-order valence-corrected chi connectivity index (χ1v) is 4.99. The Hall–Kier alpha value is -1.29. The third-order valence-electron chi connectivity index (χ3n) is 2.41. The number of aliphatic hydroxyl groups excluding tert-OH is 1. The van der Waals surface area contributed by atoms with E-state index in [1.54, 1.807) is 12.1 Å². The molecule has 0 aliphatic rings. The highest BCUT2D eigenvalue weighted by Gasteiger charge is 2.23.